The maximum atomic E-state index is 11.7. The van der Waals surface area contributed by atoms with E-state index in [1.54, 1.807) is 12.1 Å². The summed E-state index contributed by atoms with van der Waals surface area (Å²) in [6, 6.07) is 3.85. The molecule has 80 valence electrons. The fraction of sp³-hybridized carbons (Fsp3) is 0.583. The van der Waals surface area contributed by atoms with Gasteiger partial charge in [-0.1, -0.05) is 6.42 Å². The molecule has 3 heteroatoms. The second kappa shape index (κ2) is 3.40. The van der Waals surface area contributed by atoms with Gasteiger partial charge in [-0.25, -0.2) is 0 Å². The largest absolute Gasteiger partial charge is 0.459 e. The molecule has 1 amide bonds. The summed E-state index contributed by atoms with van der Waals surface area (Å²) in [4.78, 5) is 11.7. The molecular formula is C12H15NO2. The Balaban J connectivity index is 1.64. The van der Waals surface area contributed by atoms with Crippen LogP contribution in [0.5, 0.6) is 0 Å². The van der Waals surface area contributed by atoms with Gasteiger partial charge in [0.25, 0.3) is 5.91 Å². The quantitative estimate of drug-likeness (QED) is 0.804. The van der Waals surface area contributed by atoms with Crippen molar-refractivity contribution in [3.63, 3.8) is 0 Å². The fourth-order valence-electron chi connectivity index (χ4n) is 3.07. The zero-order valence-electron chi connectivity index (χ0n) is 8.61. The minimum atomic E-state index is -0.0578. The summed E-state index contributed by atoms with van der Waals surface area (Å²) >= 11 is 0. The second-order valence-electron chi connectivity index (χ2n) is 4.73. The molecule has 3 nitrogen and oxygen atoms in total. The van der Waals surface area contributed by atoms with E-state index >= 15 is 0 Å². The summed E-state index contributed by atoms with van der Waals surface area (Å²) in [5, 5.41) is 3.08. The third-order valence-corrected chi connectivity index (χ3v) is 3.80. The highest BCUT2D eigenvalue weighted by Crippen LogP contribution is 2.44. The van der Waals surface area contributed by atoms with Gasteiger partial charge in [0, 0.05) is 6.04 Å². The predicted octanol–water partition coefficient (Wildman–Crippen LogP) is 2.20. The first-order valence-corrected chi connectivity index (χ1v) is 5.67. The molecule has 0 saturated heterocycles. The van der Waals surface area contributed by atoms with Crippen molar-refractivity contribution in [1.29, 1.82) is 0 Å². The number of amides is 1. The highest BCUT2D eigenvalue weighted by Gasteiger charge is 2.40. The number of hydrogen-bond acceptors (Lipinski definition) is 2. The summed E-state index contributed by atoms with van der Waals surface area (Å²) in [7, 11) is 0. The van der Waals surface area contributed by atoms with Gasteiger partial charge < -0.3 is 9.73 Å². The van der Waals surface area contributed by atoms with Crippen molar-refractivity contribution >= 4 is 5.91 Å². The number of furan rings is 1. The predicted molar refractivity (Wildman–Crippen MR) is 55.4 cm³/mol. The lowest BCUT2D eigenvalue weighted by Gasteiger charge is -2.22. The van der Waals surface area contributed by atoms with Gasteiger partial charge in [-0.2, -0.15) is 0 Å². The van der Waals surface area contributed by atoms with E-state index < -0.39 is 0 Å². The van der Waals surface area contributed by atoms with Gasteiger partial charge in [-0.15, -0.1) is 0 Å². The van der Waals surface area contributed by atoms with E-state index in [-0.39, 0.29) is 5.91 Å². The molecule has 2 saturated carbocycles. The van der Waals surface area contributed by atoms with Crippen molar-refractivity contribution in [2.45, 2.75) is 31.7 Å². The third kappa shape index (κ3) is 1.56. The highest BCUT2D eigenvalue weighted by molar-refractivity contribution is 5.91. The number of hydrogen-bond donors (Lipinski definition) is 1. The average molecular weight is 205 g/mol. The van der Waals surface area contributed by atoms with Gasteiger partial charge in [-0.05, 0) is 43.2 Å². The highest BCUT2D eigenvalue weighted by atomic mass is 16.3. The van der Waals surface area contributed by atoms with Gasteiger partial charge in [0.05, 0.1) is 6.26 Å². The van der Waals surface area contributed by atoms with Crippen LogP contribution in [-0.4, -0.2) is 11.9 Å². The van der Waals surface area contributed by atoms with Crippen LogP contribution >= 0.6 is 0 Å². The fourth-order valence-corrected chi connectivity index (χ4v) is 3.07. The molecule has 0 spiro atoms. The van der Waals surface area contributed by atoms with Gasteiger partial charge in [0.2, 0.25) is 0 Å². The first-order valence-electron chi connectivity index (χ1n) is 5.67. The molecule has 1 N–H and O–H groups in total. The number of rotatable bonds is 2. The van der Waals surface area contributed by atoms with Gasteiger partial charge >= 0.3 is 0 Å². The zero-order chi connectivity index (χ0) is 10.3. The van der Waals surface area contributed by atoms with Crippen molar-refractivity contribution < 1.29 is 9.21 Å². The van der Waals surface area contributed by atoms with Crippen molar-refractivity contribution in [3.8, 4) is 0 Å². The summed E-state index contributed by atoms with van der Waals surface area (Å²) < 4.78 is 5.07. The number of nitrogens with one attached hydrogen (secondary N) is 1. The normalized spacial score (nSPS) is 33.2. The van der Waals surface area contributed by atoms with Crippen molar-refractivity contribution in [3.05, 3.63) is 24.2 Å². The van der Waals surface area contributed by atoms with E-state index in [4.69, 9.17) is 4.42 Å². The third-order valence-electron chi connectivity index (χ3n) is 3.80. The molecule has 0 radical (unpaired) electrons. The first-order chi connectivity index (χ1) is 7.33. The molecule has 2 aliphatic carbocycles. The molecule has 2 bridgehead atoms. The van der Waals surface area contributed by atoms with Crippen LogP contribution in [0.3, 0.4) is 0 Å². The Morgan fingerprint density at radius 2 is 2.33 bits per heavy atom. The Kier molecular flexibility index (Phi) is 2.04. The van der Waals surface area contributed by atoms with Crippen molar-refractivity contribution in [1.82, 2.24) is 5.32 Å². The minimum Gasteiger partial charge on any atom is -0.459 e. The monoisotopic (exact) mass is 205 g/mol. The molecular weight excluding hydrogens is 190 g/mol. The molecule has 0 aromatic carbocycles. The number of carbonyl (C=O) groups excluding carboxylic acids is 1. The molecule has 15 heavy (non-hydrogen) atoms. The number of carbonyl (C=O) groups is 1. The van der Waals surface area contributed by atoms with Crippen LogP contribution in [0.2, 0.25) is 0 Å². The van der Waals surface area contributed by atoms with Gasteiger partial charge in [0.15, 0.2) is 5.76 Å². The SMILES string of the molecule is O=C(N[C@@H]1C[C@H]2CC[C@H]1C2)c1ccco1. The smallest absolute Gasteiger partial charge is 0.287 e. The van der Waals surface area contributed by atoms with Crippen molar-refractivity contribution in [2.24, 2.45) is 11.8 Å². The van der Waals surface area contributed by atoms with Crippen LogP contribution in [0.1, 0.15) is 36.2 Å². The molecule has 3 atom stereocenters. The molecule has 1 aromatic heterocycles. The zero-order valence-corrected chi connectivity index (χ0v) is 8.61. The lowest BCUT2D eigenvalue weighted by atomic mass is 9.95. The lowest BCUT2D eigenvalue weighted by molar-refractivity contribution is 0.0894. The van der Waals surface area contributed by atoms with Gasteiger partial charge in [-0.3, -0.25) is 4.79 Å². The van der Waals surface area contributed by atoms with Crippen LogP contribution < -0.4 is 5.32 Å². The van der Waals surface area contributed by atoms with E-state index in [2.05, 4.69) is 5.32 Å². The molecule has 1 aromatic rings. The summed E-state index contributed by atoms with van der Waals surface area (Å²) in [5.41, 5.74) is 0. The van der Waals surface area contributed by atoms with E-state index in [1.807, 2.05) is 0 Å². The topological polar surface area (TPSA) is 42.2 Å². The first kappa shape index (κ1) is 9.01. The van der Waals surface area contributed by atoms with Gasteiger partial charge in [0.1, 0.15) is 0 Å². The van der Waals surface area contributed by atoms with Crippen LogP contribution in [0, 0.1) is 11.8 Å². The van der Waals surface area contributed by atoms with Crippen LogP contribution in [0.25, 0.3) is 0 Å². The molecule has 0 aliphatic heterocycles. The maximum Gasteiger partial charge on any atom is 0.287 e. The van der Waals surface area contributed by atoms with Crippen LogP contribution in [-0.2, 0) is 0 Å². The van der Waals surface area contributed by atoms with E-state index in [0.29, 0.717) is 17.7 Å². The molecule has 2 aliphatic rings. The Morgan fingerprint density at radius 3 is 2.93 bits per heavy atom. The molecule has 1 heterocycles. The summed E-state index contributed by atoms with van der Waals surface area (Å²) in [5.74, 6) is 1.95. The second-order valence-corrected chi connectivity index (χ2v) is 4.73. The molecule has 0 unspecified atom stereocenters. The summed E-state index contributed by atoms with van der Waals surface area (Å²) in [6.07, 6.45) is 6.65. The Bertz CT molecular complexity index is 358. The Hall–Kier alpha value is -1.25. The molecule has 3 rings (SSSR count). The minimum absolute atomic E-state index is 0.0578. The Morgan fingerprint density at radius 1 is 1.40 bits per heavy atom. The van der Waals surface area contributed by atoms with Crippen molar-refractivity contribution in [2.75, 3.05) is 0 Å². The summed E-state index contributed by atoms with van der Waals surface area (Å²) in [6.45, 7) is 0. The number of fused-ring (bicyclic) bond motifs is 2. The standard InChI is InChI=1S/C12H15NO2/c14-12(11-2-1-5-15-11)13-10-7-8-3-4-9(10)6-8/h1-2,5,8-10H,3-4,6-7H2,(H,13,14)/t8-,9-,10+/m0/s1. The van der Waals surface area contributed by atoms with Crippen LogP contribution in [0.15, 0.2) is 22.8 Å². The average Bonchev–Trinajstić information content (AvgIpc) is 2.95. The van der Waals surface area contributed by atoms with E-state index in [9.17, 15) is 4.79 Å². The van der Waals surface area contributed by atoms with E-state index in [0.717, 1.165) is 12.3 Å². The maximum absolute atomic E-state index is 11.7. The Labute approximate surface area is 88.8 Å². The van der Waals surface area contributed by atoms with E-state index in [1.165, 1.54) is 25.5 Å². The lowest BCUT2D eigenvalue weighted by Crippen LogP contribution is -2.38. The molecule has 2 fully saturated rings. The van der Waals surface area contributed by atoms with Crippen LogP contribution in [0.4, 0.5) is 0 Å².